The van der Waals surface area contributed by atoms with E-state index in [9.17, 15) is 14.7 Å². The molecule has 0 saturated heterocycles. The number of aliphatic carboxylic acids is 1. The van der Waals surface area contributed by atoms with E-state index in [-0.39, 0.29) is 15.7 Å². The molecule has 0 aromatic carbocycles. The van der Waals surface area contributed by atoms with Crippen LogP contribution in [0.3, 0.4) is 0 Å². The van der Waals surface area contributed by atoms with E-state index in [1.807, 2.05) is 0 Å². The van der Waals surface area contributed by atoms with Gasteiger partial charge in [0.1, 0.15) is 5.15 Å². The molecule has 1 aromatic heterocycles. The first kappa shape index (κ1) is 15.1. The van der Waals surface area contributed by atoms with Crippen molar-refractivity contribution in [2.24, 2.45) is 5.41 Å². The molecule has 1 amide bonds. The van der Waals surface area contributed by atoms with E-state index in [1.165, 1.54) is 12.3 Å². The van der Waals surface area contributed by atoms with Gasteiger partial charge in [0.15, 0.2) is 0 Å². The topological polar surface area (TPSA) is 79.3 Å². The molecule has 7 heteroatoms. The zero-order chi connectivity index (χ0) is 14.9. The van der Waals surface area contributed by atoms with Gasteiger partial charge in [0.05, 0.1) is 16.0 Å². The monoisotopic (exact) mass is 316 g/mol. The number of pyridine rings is 1. The summed E-state index contributed by atoms with van der Waals surface area (Å²) in [4.78, 5) is 27.3. The van der Waals surface area contributed by atoms with E-state index in [4.69, 9.17) is 23.2 Å². The number of carboxylic acids is 1. The van der Waals surface area contributed by atoms with Crippen molar-refractivity contribution in [3.05, 3.63) is 28.0 Å². The molecule has 5 nitrogen and oxygen atoms in total. The molecule has 2 N–H and O–H groups in total. The normalized spacial score (nSPS) is 25.4. The summed E-state index contributed by atoms with van der Waals surface area (Å²) in [7, 11) is 0. The van der Waals surface area contributed by atoms with E-state index >= 15 is 0 Å². The van der Waals surface area contributed by atoms with Gasteiger partial charge in [0.2, 0.25) is 0 Å². The Kier molecular flexibility index (Phi) is 4.20. The molecular formula is C13H14Cl2N2O3. The number of halogens is 2. The maximum Gasteiger partial charge on any atom is 0.311 e. The Labute approximate surface area is 126 Å². The first-order chi connectivity index (χ1) is 9.34. The quantitative estimate of drug-likeness (QED) is 0.840. The molecule has 1 saturated carbocycles. The number of hydrogen-bond donors (Lipinski definition) is 2. The van der Waals surface area contributed by atoms with Crippen LogP contribution in [0.15, 0.2) is 12.3 Å². The smallest absolute Gasteiger partial charge is 0.311 e. The third kappa shape index (κ3) is 2.74. The Morgan fingerprint density at radius 3 is 2.80 bits per heavy atom. The maximum atomic E-state index is 12.1. The number of rotatable bonds is 3. The third-order valence-corrected chi connectivity index (χ3v) is 4.50. The van der Waals surface area contributed by atoms with Gasteiger partial charge in [-0.15, -0.1) is 0 Å². The van der Waals surface area contributed by atoms with E-state index in [0.29, 0.717) is 12.8 Å². The van der Waals surface area contributed by atoms with Crippen molar-refractivity contribution in [2.75, 3.05) is 0 Å². The summed E-state index contributed by atoms with van der Waals surface area (Å²) in [6, 6.07) is 1.01. The molecule has 1 heterocycles. The summed E-state index contributed by atoms with van der Waals surface area (Å²) < 4.78 is 0. The second kappa shape index (κ2) is 5.58. The molecule has 1 aliphatic carbocycles. The number of carbonyl (C=O) groups is 2. The van der Waals surface area contributed by atoms with Crippen molar-refractivity contribution in [3.63, 3.8) is 0 Å². The van der Waals surface area contributed by atoms with Crippen LogP contribution < -0.4 is 5.32 Å². The zero-order valence-electron chi connectivity index (χ0n) is 10.8. The van der Waals surface area contributed by atoms with Crippen molar-refractivity contribution >= 4 is 35.1 Å². The lowest BCUT2D eigenvalue weighted by molar-refractivity contribution is -0.148. The van der Waals surface area contributed by atoms with E-state index in [1.54, 1.807) is 6.92 Å². The van der Waals surface area contributed by atoms with Gasteiger partial charge >= 0.3 is 5.97 Å². The van der Waals surface area contributed by atoms with Crippen molar-refractivity contribution in [3.8, 4) is 0 Å². The molecule has 2 unspecified atom stereocenters. The summed E-state index contributed by atoms with van der Waals surface area (Å²) in [6.07, 6.45) is 3.28. The van der Waals surface area contributed by atoms with Gasteiger partial charge in [-0.25, -0.2) is 4.98 Å². The number of carboxylic acid groups (broad SMARTS) is 1. The first-order valence-electron chi connectivity index (χ1n) is 6.20. The highest BCUT2D eigenvalue weighted by atomic mass is 35.5. The zero-order valence-corrected chi connectivity index (χ0v) is 12.3. The van der Waals surface area contributed by atoms with Crippen molar-refractivity contribution in [2.45, 2.75) is 32.2 Å². The highest BCUT2D eigenvalue weighted by molar-refractivity contribution is 6.41. The van der Waals surface area contributed by atoms with Crippen LogP contribution >= 0.6 is 23.2 Å². The second-order valence-electron chi connectivity index (χ2n) is 5.14. The molecule has 1 aromatic rings. The van der Waals surface area contributed by atoms with Crippen LogP contribution in [-0.4, -0.2) is 28.0 Å². The number of nitrogens with one attached hydrogen (secondary N) is 1. The van der Waals surface area contributed by atoms with Crippen molar-refractivity contribution in [1.29, 1.82) is 0 Å². The minimum Gasteiger partial charge on any atom is -0.481 e. The van der Waals surface area contributed by atoms with Crippen molar-refractivity contribution in [1.82, 2.24) is 10.3 Å². The molecule has 2 rings (SSSR count). The average Bonchev–Trinajstić information content (AvgIpc) is 2.75. The van der Waals surface area contributed by atoms with Gasteiger partial charge < -0.3 is 10.4 Å². The highest BCUT2D eigenvalue weighted by Crippen LogP contribution is 2.38. The molecule has 0 spiro atoms. The molecule has 20 heavy (non-hydrogen) atoms. The summed E-state index contributed by atoms with van der Waals surface area (Å²) in [5.74, 6) is -1.29. The lowest BCUT2D eigenvalue weighted by atomic mass is 9.85. The van der Waals surface area contributed by atoms with Crippen LogP contribution in [0.1, 0.15) is 36.5 Å². The Morgan fingerprint density at radius 2 is 2.20 bits per heavy atom. The minimum atomic E-state index is -0.931. The standard InChI is InChI=1S/C13H14Cl2N2O3/c1-13(12(19)20)4-2-3-9(13)17-11(18)7-5-8(14)10(15)16-6-7/h5-6,9H,2-4H2,1H3,(H,17,18)(H,19,20). The Bertz CT molecular complexity index is 565. The third-order valence-electron chi connectivity index (χ3n) is 3.81. The number of carbonyl (C=O) groups excluding carboxylic acids is 1. The fraction of sp³-hybridized carbons (Fsp3) is 0.462. The van der Waals surface area contributed by atoms with Gasteiger partial charge in [0, 0.05) is 12.2 Å². The Hall–Kier alpha value is -1.33. The SMILES string of the molecule is CC1(C(=O)O)CCCC1NC(=O)c1cnc(Cl)c(Cl)c1. The van der Waals surface area contributed by atoms with E-state index < -0.39 is 23.3 Å². The predicted molar refractivity (Wildman–Crippen MR) is 75.1 cm³/mol. The number of amides is 1. The molecule has 1 aliphatic rings. The molecule has 1 fully saturated rings. The predicted octanol–water partition coefficient (Wildman–Crippen LogP) is 2.76. The summed E-state index contributed by atoms with van der Waals surface area (Å²) in [6.45, 7) is 1.65. The first-order valence-corrected chi connectivity index (χ1v) is 6.95. The lowest BCUT2D eigenvalue weighted by Crippen LogP contribution is -2.47. The maximum absolute atomic E-state index is 12.1. The van der Waals surface area contributed by atoms with Crippen LogP contribution in [0.2, 0.25) is 10.2 Å². The lowest BCUT2D eigenvalue weighted by Gasteiger charge is -2.27. The fourth-order valence-electron chi connectivity index (χ4n) is 2.44. The largest absolute Gasteiger partial charge is 0.481 e. The van der Waals surface area contributed by atoms with E-state index in [2.05, 4.69) is 10.3 Å². The Morgan fingerprint density at radius 1 is 1.50 bits per heavy atom. The van der Waals surface area contributed by atoms with Gasteiger partial charge in [-0.3, -0.25) is 9.59 Å². The van der Waals surface area contributed by atoms with Crippen LogP contribution in [-0.2, 0) is 4.79 Å². The molecular weight excluding hydrogens is 303 g/mol. The number of aromatic nitrogens is 1. The van der Waals surface area contributed by atoms with Gasteiger partial charge in [-0.05, 0) is 25.8 Å². The highest BCUT2D eigenvalue weighted by Gasteiger charge is 2.45. The summed E-state index contributed by atoms with van der Waals surface area (Å²) >= 11 is 11.5. The molecule has 0 bridgehead atoms. The average molecular weight is 317 g/mol. The van der Waals surface area contributed by atoms with Crippen LogP contribution in [0.25, 0.3) is 0 Å². The van der Waals surface area contributed by atoms with Crippen LogP contribution in [0.4, 0.5) is 0 Å². The van der Waals surface area contributed by atoms with Gasteiger partial charge in [0.25, 0.3) is 5.91 Å². The van der Waals surface area contributed by atoms with Gasteiger partial charge in [-0.1, -0.05) is 29.6 Å². The minimum absolute atomic E-state index is 0.124. The summed E-state index contributed by atoms with van der Waals surface area (Å²) in [5.41, 5.74) is -0.668. The molecule has 2 atom stereocenters. The number of nitrogens with zero attached hydrogens (tertiary/aromatic N) is 1. The second-order valence-corrected chi connectivity index (χ2v) is 5.90. The molecule has 0 aliphatic heterocycles. The molecule has 0 radical (unpaired) electrons. The van der Waals surface area contributed by atoms with Gasteiger partial charge in [-0.2, -0.15) is 0 Å². The van der Waals surface area contributed by atoms with Crippen molar-refractivity contribution < 1.29 is 14.7 Å². The van der Waals surface area contributed by atoms with Crippen LogP contribution in [0.5, 0.6) is 0 Å². The van der Waals surface area contributed by atoms with Crippen LogP contribution in [0, 0.1) is 5.41 Å². The molecule has 108 valence electrons. The summed E-state index contributed by atoms with van der Waals surface area (Å²) in [5, 5.41) is 12.4. The fourth-order valence-corrected chi connectivity index (χ4v) is 2.71. The Balaban J connectivity index is 2.15. The number of hydrogen-bond acceptors (Lipinski definition) is 3. The van der Waals surface area contributed by atoms with E-state index in [0.717, 1.165) is 6.42 Å².